The van der Waals surface area contributed by atoms with Crippen molar-refractivity contribution >= 4 is 23.4 Å². The molecule has 0 unspecified atom stereocenters. The fourth-order valence-electron chi connectivity index (χ4n) is 1.79. The molecule has 0 spiro atoms. The molecular weight excluding hydrogens is 278 g/mol. The minimum atomic E-state index is 0.803. The van der Waals surface area contributed by atoms with Gasteiger partial charge in [0.15, 0.2) is 0 Å². The van der Waals surface area contributed by atoms with Gasteiger partial charge in [0.1, 0.15) is 5.76 Å². The quantitative estimate of drug-likeness (QED) is 0.591. The van der Waals surface area contributed by atoms with E-state index in [-0.39, 0.29) is 0 Å². The highest BCUT2D eigenvalue weighted by Gasteiger charge is 2.08. The van der Waals surface area contributed by atoms with Gasteiger partial charge in [0.2, 0.25) is 0 Å². The number of hydrogen-bond acceptors (Lipinski definition) is 3. The molecule has 0 fully saturated rings. The number of furan rings is 1. The van der Waals surface area contributed by atoms with E-state index in [0.717, 1.165) is 40.9 Å². The topological polar surface area (TPSA) is 25.2 Å². The molecule has 0 aliphatic heterocycles. The normalized spacial score (nSPS) is 10.8. The summed E-state index contributed by atoms with van der Waals surface area (Å²) in [5.74, 6) is 1.77. The number of rotatable bonds is 7. The third-order valence-electron chi connectivity index (χ3n) is 2.73. The van der Waals surface area contributed by atoms with Crippen LogP contribution in [0.1, 0.15) is 24.7 Å². The lowest BCUT2D eigenvalue weighted by molar-refractivity contribution is 0.530. The van der Waals surface area contributed by atoms with Crippen LogP contribution < -0.4 is 5.32 Å². The van der Waals surface area contributed by atoms with Crippen LogP contribution >= 0.6 is 23.4 Å². The Balaban J connectivity index is 2.04. The van der Waals surface area contributed by atoms with E-state index in [0.29, 0.717) is 0 Å². The minimum absolute atomic E-state index is 0.803. The third kappa shape index (κ3) is 4.30. The second-order valence-electron chi connectivity index (χ2n) is 4.27. The summed E-state index contributed by atoms with van der Waals surface area (Å²) >= 11 is 8.03. The van der Waals surface area contributed by atoms with E-state index in [2.05, 4.69) is 18.3 Å². The van der Waals surface area contributed by atoms with Crippen molar-refractivity contribution in [3.63, 3.8) is 0 Å². The van der Waals surface area contributed by atoms with Crippen LogP contribution in [0, 0.1) is 0 Å². The first kappa shape index (κ1) is 14.5. The molecular formula is C15H18ClNOS. The molecule has 2 rings (SSSR count). The van der Waals surface area contributed by atoms with Gasteiger partial charge in [-0.25, -0.2) is 0 Å². The minimum Gasteiger partial charge on any atom is -0.468 e. The molecule has 0 saturated carbocycles. The summed E-state index contributed by atoms with van der Waals surface area (Å²) < 4.78 is 5.35. The Kier molecular flexibility index (Phi) is 5.83. The first-order valence-corrected chi connectivity index (χ1v) is 7.81. The lowest BCUT2D eigenvalue weighted by Crippen LogP contribution is -2.14. The second kappa shape index (κ2) is 7.63. The van der Waals surface area contributed by atoms with Crippen LogP contribution in [-0.4, -0.2) is 6.54 Å². The average molecular weight is 296 g/mol. The number of nitrogens with one attached hydrogen (secondary N) is 1. The van der Waals surface area contributed by atoms with Crippen molar-refractivity contribution in [1.29, 1.82) is 0 Å². The molecule has 0 amide bonds. The van der Waals surface area contributed by atoms with Gasteiger partial charge < -0.3 is 9.73 Å². The van der Waals surface area contributed by atoms with Gasteiger partial charge in [-0.15, -0.1) is 11.8 Å². The molecule has 0 atom stereocenters. The van der Waals surface area contributed by atoms with Gasteiger partial charge in [0.05, 0.1) is 17.0 Å². The zero-order chi connectivity index (χ0) is 13.5. The van der Waals surface area contributed by atoms with Gasteiger partial charge in [0.25, 0.3) is 0 Å². The number of thioether (sulfide) groups is 1. The monoisotopic (exact) mass is 295 g/mol. The van der Waals surface area contributed by atoms with Gasteiger partial charge in [-0.3, -0.25) is 0 Å². The second-order valence-corrected chi connectivity index (χ2v) is 5.67. The Bertz CT molecular complexity index is 499. The first-order chi connectivity index (χ1) is 9.31. The first-order valence-electron chi connectivity index (χ1n) is 6.44. The standard InChI is InChI=1S/C15H18ClNOS/c1-2-8-17-10-12-5-3-7-14(16)15(12)19-11-13-6-4-9-18-13/h3-7,9,17H,2,8,10-11H2,1H3. The van der Waals surface area contributed by atoms with Crippen molar-refractivity contribution in [3.8, 4) is 0 Å². The summed E-state index contributed by atoms with van der Waals surface area (Å²) in [7, 11) is 0. The smallest absolute Gasteiger partial charge is 0.113 e. The molecule has 0 radical (unpaired) electrons. The predicted molar refractivity (Wildman–Crippen MR) is 81.7 cm³/mol. The van der Waals surface area contributed by atoms with Crippen LogP contribution in [0.15, 0.2) is 45.9 Å². The third-order valence-corrected chi connectivity index (χ3v) is 4.36. The molecule has 2 nitrogen and oxygen atoms in total. The van der Waals surface area contributed by atoms with E-state index < -0.39 is 0 Å². The Morgan fingerprint density at radius 2 is 2.16 bits per heavy atom. The molecule has 2 aromatic rings. The van der Waals surface area contributed by atoms with Gasteiger partial charge >= 0.3 is 0 Å². The largest absolute Gasteiger partial charge is 0.468 e. The maximum atomic E-state index is 6.30. The summed E-state index contributed by atoms with van der Waals surface area (Å²) in [5.41, 5.74) is 1.25. The molecule has 0 aliphatic rings. The zero-order valence-corrected chi connectivity index (χ0v) is 12.6. The van der Waals surface area contributed by atoms with Gasteiger partial charge in [-0.05, 0) is 36.7 Å². The fourth-order valence-corrected chi connectivity index (χ4v) is 3.13. The molecule has 1 aromatic heterocycles. The van der Waals surface area contributed by atoms with E-state index in [1.165, 1.54) is 5.56 Å². The van der Waals surface area contributed by atoms with E-state index in [1.54, 1.807) is 18.0 Å². The zero-order valence-electron chi connectivity index (χ0n) is 11.0. The highest BCUT2D eigenvalue weighted by Crippen LogP contribution is 2.33. The Morgan fingerprint density at radius 1 is 1.26 bits per heavy atom. The lowest BCUT2D eigenvalue weighted by Gasteiger charge is -2.11. The molecule has 0 saturated heterocycles. The van der Waals surface area contributed by atoms with Crippen LogP contribution in [-0.2, 0) is 12.3 Å². The van der Waals surface area contributed by atoms with Crippen molar-refractivity contribution < 1.29 is 4.42 Å². The van der Waals surface area contributed by atoms with E-state index in [1.807, 2.05) is 24.3 Å². The Hall–Kier alpha value is -0.900. The molecule has 0 aliphatic carbocycles. The Morgan fingerprint density at radius 3 is 2.89 bits per heavy atom. The lowest BCUT2D eigenvalue weighted by atomic mass is 10.2. The van der Waals surface area contributed by atoms with Crippen molar-refractivity contribution in [3.05, 3.63) is 52.9 Å². The maximum Gasteiger partial charge on any atom is 0.113 e. The highest BCUT2D eigenvalue weighted by atomic mass is 35.5. The van der Waals surface area contributed by atoms with Crippen LogP contribution in [0.25, 0.3) is 0 Å². The molecule has 19 heavy (non-hydrogen) atoms. The van der Waals surface area contributed by atoms with Crippen LogP contribution in [0.3, 0.4) is 0 Å². The van der Waals surface area contributed by atoms with Crippen molar-refractivity contribution in [2.45, 2.75) is 30.5 Å². The summed E-state index contributed by atoms with van der Waals surface area (Å²) in [6, 6.07) is 9.96. The molecule has 1 heterocycles. The van der Waals surface area contributed by atoms with Crippen molar-refractivity contribution in [1.82, 2.24) is 5.32 Å². The molecule has 1 N–H and O–H groups in total. The fraction of sp³-hybridized carbons (Fsp3) is 0.333. The van der Waals surface area contributed by atoms with Gasteiger partial charge in [-0.2, -0.15) is 0 Å². The predicted octanol–water partition coefficient (Wildman–Crippen LogP) is 4.72. The number of benzene rings is 1. The van der Waals surface area contributed by atoms with E-state index in [9.17, 15) is 0 Å². The summed E-state index contributed by atoms with van der Waals surface area (Å²) in [5, 5.41) is 4.23. The number of hydrogen-bond donors (Lipinski definition) is 1. The Labute approximate surface area is 123 Å². The number of halogens is 1. The summed E-state index contributed by atoms with van der Waals surface area (Å²) in [6.45, 7) is 4.04. The van der Waals surface area contributed by atoms with Crippen molar-refractivity contribution in [2.75, 3.05) is 6.54 Å². The molecule has 0 bridgehead atoms. The van der Waals surface area contributed by atoms with Crippen LogP contribution in [0.2, 0.25) is 5.02 Å². The summed E-state index contributed by atoms with van der Waals surface area (Å²) in [4.78, 5) is 1.14. The van der Waals surface area contributed by atoms with Crippen LogP contribution in [0.4, 0.5) is 0 Å². The van der Waals surface area contributed by atoms with Crippen LogP contribution in [0.5, 0.6) is 0 Å². The maximum absolute atomic E-state index is 6.30. The molecule has 102 valence electrons. The summed E-state index contributed by atoms with van der Waals surface area (Å²) in [6.07, 6.45) is 2.83. The van der Waals surface area contributed by atoms with E-state index in [4.69, 9.17) is 16.0 Å². The highest BCUT2D eigenvalue weighted by molar-refractivity contribution is 7.98. The SMILES string of the molecule is CCCNCc1cccc(Cl)c1SCc1ccco1. The van der Waals surface area contributed by atoms with E-state index >= 15 is 0 Å². The molecule has 4 heteroatoms. The molecule has 1 aromatic carbocycles. The van der Waals surface area contributed by atoms with Crippen molar-refractivity contribution in [2.24, 2.45) is 0 Å². The van der Waals surface area contributed by atoms with Gasteiger partial charge in [-0.1, -0.05) is 30.7 Å². The average Bonchev–Trinajstić information content (AvgIpc) is 2.91. The van der Waals surface area contributed by atoms with Gasteiger partial charge in [0, 0.05) is 11.4 Å².